The molecule has 0 fully saturated rings. The molecule has 1 amide bonds. The van der Waals surface area contributed by atoms with Crippen molar-refractivity contribution in [3.8, 4) is 23.1 Å². The van der Waals surface area contributed by atoms with Crippen molar-refractivity contribution in [1.82, 2.24) is 14.9 Å². The summed E-state index contributed by atoms with van der Waals surface area (Å²) in [6.07, 6.45) is 2.14. The third-order valence-electron chi connectivity index (χ3n) is 7.18. The summed E-state index contributed by atoms with van der Waals surface area (Å²) < 4.78 is 43.7. The molecule has 0 saturated heterocycles. The van der Waals surface area contributed by atoms with Gasteiger partial charge < -0.3 is 10.4 Å². The molecule has 11 heteroatoms. The SMILES string of the molecule is CCCCc1nc(O)c(S(=O)(=O)c2ccc(-c3ccc(C(=O)NC)cc3F)cc2)c(=O)n1C(CC)c1cccc(C#N)c1. The fraction of sp³-hybridized carbons (Fsp3) is 0.250. The highest BCUT2D eigenvalue weighted by molar-refractivity contribution is 7.91. The van der Waals surface area contributed by atoms with Gasteiger partial charge >= 0.3 is 0 Å². The minimum atomic E-state index is -4.57. The minimum absolute atomic E-state index is 0.134. The van der Waals surface area contributed by atoms with Crippen LogP contribution in [0, 0.1) is 17.1 Å². The molecule has 4 rings (SSSR count). The average molecular weight is 603 g/mol. The van der Waals surface area contributed by atoms with Crippen molar-refractivity contribution in [2.45, 2.75) is 55.4 Å². The quantitative estimate of drug-likeness (QED) is 0.255. The summed E-state index contributed by atoms with van der Waals surface area (Å²) in [6.45, 7) is 3.79. The number of nitriles is 1. The monoisotopic (exact) mass is 602 g/mol. The zero-order valence-electron chi connectivity index (χ0n) is 24.0. The van der Waals surface area contributed by atoms with Gasteiger partial charge in [-0.25, -0.2) is 12.8 Å². The number of carbonyl (C=O) groups excluding carboxylic acids is 1. The Labute approximate surface area is 249 Å². The number of carbonyl (C=O) groups is 1. The molecule has 43 heavy (non-hydrogen) atoms. The fourth-order valence-electron chi connectivity index (χ4n) is 4.97. The van der Waals surface area contributed by atoms with Crippen LogP contribution in [0.2, 0.25) is 0 Å². The first-order valence-corrected chi connectivity index (χ1v) is 15.3. The number of hydrogen-bond donors (Lipinski definition) is 2. The molecule has 1 unspecified atom stereocenters. The van der Waals surface area contributed by atoms with Crippen LogP contribution in [0.3, 0.4) is 0 Å². The van der Waals surface area contributed by atoms with Crippen LogP contribution in [0.25, 0.3) is 11.1 Å². The zero-order valence-corrected chi connectivity index (χ0v) is 24.8. The lowest BCUT2D eigenvalue weighted by Crippen LogP contribution is -2.33. The molecule has 0 saturated carbocycles. The number of hydrogen-bond acceptors (Lipinski definition) is 7. The van der Waals surface area contributed by atoms with Gasteiger partial charge in [0.25, 0.3) is 11.5 Å². The topological polar surface area (TPSA) is 142 Å². The second kappa shape index (κ2) is 13.0. The number of nitrogens with zero attached hydrogens (tertiary/aromatic N) is 3. The number of benzene rings is 3. The Bertz CT molecular complexity index is 1880. The number of amides is 1. The summed E-state index contributed by atoms with van der Waals surface area (Å²) in [4.78, 5) is 28.9. The molecule has 0 aliphatic heterocycles. The van der Waals surface area contributed by atoms with E-state index in [0.29, 0.717) is 36.0 Å². The molecule has 222 valence electrons. The van der Waals surface area contributed by atoms with E-state index in [9.17, 15) is 32.8 Å². The highest BCUT2D eigenvalue weighted by atomic mass is 32.2. The summed E-state index contributed by atoms with van der Waals surface area (Å²) in [6, 6.07) is 17.3. The Morgan fingerprint density at radius 1 is 1.12 bits per heavy atom. The Kier molecular flexibility index (Phi) is 9.41. The molecule has 3 aromatic carbocycles. The van der Waals surface area contributed by atoms with Crippen LogP contribution in [0.4, 0.5) is 4.39 Å². The average Bonchev–Trinajstić information content (AvgIpc) is 3.01. The zero-order chi connectivity index (χ0) is 31.3. The molecule has 2 N–H and O–H groups in total. The molecule has 1 atom stereocenters. The lowest BCUT2D eigenvalue weighted by molar-refractivity contribution is 0.0962. The van der Waals surface area contributed by atoms with E-state index in [1.54, 1.807) is 24.3 Å². The van der Waals surface area contributed by atoms with E-state index in [0.717, 1.165) is 12.5 Å². The van der Waals surface area contributed by atoms with Gasteiger partial charge in [0.05, 0.1) is 22.6 Å². The van der Waals surface area contributed by atoms with E-state index in [2.05, 4.69) is 16.4 Å². The molecule has 9 nitrogen and oxygen atoms in total. The van der Waals surface area contributed by atoms with Crippen LogP contribution in [0.15, 0.2) is 81.3 Å². The predicted octanol–water partition coefficient (Wildman–Crippen LogP) is 5.16. The number of sulfone groups is 1. The lowest BCUT2D eigenvalue weighted by Gasteiger charge is -2.23. The normalized spacial score (nSPS) is 12.0. The predicted molar refractivity (Wildman–Crippen MR) is 159 cm³/mol. The van der Waals surface area contributed by atoms with Crippen LogP contribution < -0.4 is 10.9 Å². The molecule has 0 radical (unpaired) electrons. The minimum Gasteiger partial charge on any atom is -0.492 e. The van der Waals surface area contributed by atoms with Crippen LogP contribution in [0.5, 0.6) is 5.88 Å². The Morgan fingerprint density at radius 3 is 2.44 bits per heavy atom. The maximum absolute atomic E-state index is 14.8. The molecular formula is C32H31FN4O5S. The first-order chi connectivity index (χ1) is 20.6. The Balaban J connectivity index is 1.83. The number of aromatic hydroxyl groups is 1. The second-order valence-corrected chi connectivity index (χ2v) is 11.8. The van der Waals surface area contributed by atoms with Gasteiger partial charge in [-0.1, -0.05) is 50.6 Å². The molecule has 4 aromatic rings. The first-order valence-electron chi connectivity index (χ1n) is 13.8. The lowest BCUT2D eigenvalue weighted by atomic mass is 10.0. The number of aryl methyl sites for hydroxylation is 1. The summed E-state index contributed by atoms with van der Waals surface area (Å²) >= 11 is 0. The van der Waals surface area contributed by atoms with Crippen molar-refractivity contribution >= 4 is 15.7 Å². The van der Waals surface area contributed by atoms with Crippen LogP contribution in [-0.4, -0.2) is 36.0 Å². The van der Waals surface area contributed by atoms with Crippen molar-refractivity contribution in [3.05, 3.63) is 105 Å². The number of aromatic nitrogens is 2. The van der Waals surface area contributed by atoms with Crippen LogP contribution in [0.1, 0.15) is 66.5 Å². The summed E-state index contributed by atoms with van der Waals surface area (Å²) in [7, 11) is -3.14. The summed E-state index contributed by atoms with van der Waals surface area (Å²) in [5.41, 5.74) is 0.721. The number of nitrogens with one attached hydrogen (secondary N) is 1. The maximum atomic E-state index is 14.8. The standard InChI is InChI=1S/C32H31FN4O5S/c1-4-6-10-28-36-31(39)29(32(40)37(28)27(5-2)22-9-7-8-20(17-22)19-34)43(41,42)24-14-11-21(12-15-24)25-16-13-23(18-26(25)33)30(38)35-3/h7-9,11-18,27,39H,4-6,10H2,1-3H3,(H,35,38). The summed E-state index contributed by atoms with van der Waals surface area (Å²) in [5.74, 6) is -1.78. The van der Waals surface area contributed by atoms with Gasteiger partial charge in [-0.2, -0.15) is 10.2 Å². The van der Waals surface area contributed by atoms with Crippen LogP contribution >= 0.6 is 0 Å². The van der Waals surface area contributed by atoms with E-state index in [1.165, 1.54) is 48.0 Å². The summed E-state index contributed by atoms with van der Waals surface area (Å²) in [5, 5.41) is 22.6. The van der Waals surface area contributed by atoms with Crippen molar-refractivity contribution < 1.29 is 22.7 Å². The molecule has 1 heterocycles. The van der Waals surface area contributed by atoms with E-state index in [4.69, 9.17) is 0 Å². The van der Waals surface area contributed by atoms with E-state index in [-0.39, 0.29) is 21.8 Å². The highest BCUT2D eigenvalue weighted by Crippen LogP contribution is 2.31. The first kappa shape index (κ1) is 31.1. The molecule has 0 spiro atoms. The van der Waals surface area contributed by atoms with Crippen LogP contribution in [-0.2, 0) is 16.3 Å². The third-order valence-corrected chi connectivity index (χ3v) is 8.97. The van der Waals surface area contributed by atoms with Crippen molar-refractivity contribution in [2.24, 2.45) is 0 Å². The fourth-order valence-corrected chi connectivity index (χ4v) is 6.31. The van der Waals surface area contributed by atoms with Crippen molar-refractivity contribution in [1.29, 1.82) is 5.26 Å². The van der Waals surface area contributed by atoms with Gasteiger partial charge in [0.1, 0.15) is 11.6 Å². The third kappa shape index (κ3) is 6.20. The van der Waals surface area contributed by atoms with Gasteiger partial charge in [-0.05, 0) is 60.4 Å². The largest absolute Gasteiger partial charge is 0.492 e. The molecule has 0 bridgehead atoms. The molecule has 0 aliphatic rings. The Hall–Kier alpha value is -4.82. The smallest absolute Gasteiger partial charge is 0.277 e. The molecule has 1 aromatic heterocycles. The Morgan fingerprint density at radius 2 is 1.84 bits per heavy atom. The van der Waals surface area contributed by atoms with E-state index >= 15 is 0 Å². The van der Waals surface area contributed by atoms with Crippen molar-refractivity contribution in [3.63, 3.8) is 0 Å². The van der Waals surface area contributed by atoms with Gasteiger partial charge in [0.15, 0.2) is 4.90 Å². The highest BCUT2D eigenvalue weighted by Gasteiger charge is 2.31. The number of unbranched alkanes of at least 4 members (excludes halogenated alkanes) is 1. The van der Waals surface area contributed by atoms with Gasteiger partial charge in [0, 0.05) is 24.6 Å². The van der Waals surface area contributed by atoms with Gasteiger partial charge in [0.2, 0.25) is 15.7 Å². The van der Waals surface area contributed by atoms with Crippen molar-refractivity contribution in [2.75, 3.05) is 7.05 Å². The second-order valence-electron chi connectivity index (χ2n) is 9.92. The maximum Gasteiger partial charge on any atom is 0.277 e. The van der Waals surface area contributed by atoms with E-state index in [1.807, 2.05) is 13.8 Å². The number of halogens is 1. The molecular weight excluding hydrogens is 571 g/mol. The number of rotatable bonds is 10. The van der Waals surface area contributed by atoms with Gasteiger partial charge in [-0.3, -0.25) is 14.2 Å². The van der Waals surface area contributed by atoms with E-state index < -0.39 is 43.9 Å². The van der Waals surface area contributed by atoms with Gasteiger partial charge in [-0.15, -0.1) is 0 Å². The molecule has 0 aliphatic carbocycles.